The van der Waals surface area contributed by atoms with Gasteiger partial charge in [-0.2, -0.15) is 5.10 Å². The highest BCUT2D eigenvalue weighted by Gasteiger charge is 2.40. The highest BCUT2D eigenvalue weighted by atomic mass is 16.5. The lowest BCUT2D eigenvalue weighted by Gasteiger charge is -2.34. The van der Waals surface area contributed by atoms with Crippen LogP contribution in [0, 0.1) is 6.92 Å². The molecular formula is C21H31N5O3. The third kappa shape index (κ3) is 4.29. The first-order valence-corrected chi connectivity index (χ1v) is 10.6. The zero-order valence-corrected chi connectivity index (χ0v) is 17.6. The van der Waals surface area contributed by atoms with E-state index in [9.17, 15) is 4.79 Å². The van der Waals surface area contributed by atoms with E-state index in [0.717, 1.165) is 54.8 Å². The summed E-state index contributed by atoms with van der Waals surface area (Å²) in [6, 6.07) is 4.29. The number of carbonyl (C=O) groups excluding carboxylic acids is 1. The van der Waals surface area contributed by atoms with Crippen molar-refractivity contribution in [2.75, 3.05) is 33.4 Å². The maximum Gasteiger partial charge on any atom is 0.253 e. The summed E-state index contributed by atoms with van der Waals surface area (Å²) in [6.45, 7) is 7.48. The maximum absolute atomic E-state index is 13.2. The Bertz CT molecular complexity index is 857. The summed E-state index contributed by atoms with van der Waals surface area (Å²) in [5, 5.41) is 8.97. The molecule has 158 valence electrons. The molecule has 2 atom stereocenters. The molecule has 2 aromatic heterocycles. The molecule has 0 aromatic carbocycles. The Labute approximate surface area is 171 Å². The van der Waals surface area contributed by atoms with Crippen LogP contribution in [0.15, 0.2) is 12.1 Å². The molecule has 8 nitrogen and oxygen atoms in total. The minimum atomic E-state index is -0.405. The molecule has 0 radical (unpaired) electrons. The van der Waals surface area contributed by atoms with Crippen LogP contribution < -0.4 is 5.32 Å². The van der Waals surface area contributed by atoms with Crippen LogP contribution in [-0.2, 0) is 20.8 Å². The van der Waals surface area contributed by atoms with Gasteiger partial charge in [-0.05, 0) is 45.2 Å². The highest BCUT2D eigenvalue weighted by molar-refractivity contribution is 5.83. The van der Waals surface area contributed by atoms with Crippen molar-refractivity contribution >= 4 is 16.9 Å². The molecule has 1 N–H and O–H groups in total. The first-order chi connectivity index (χ1) is 14.1. The van der Waals surface area contributed by atoms with Crippen molar-refractivity contribution in [1.82, 2.24) is 25.0 Å². The van der Waals surface area contributed by atoms with Gasteiger partial charge in [-0.1, -0.05) is 0 Å². The number of methoxy groups -OCH3 is 1. The second-order valence-corrected chi connectivity index (χ2v) is 7.98. The molecule has 2 fully saturated rings. The van der Waals surface area contributed by atoms with E-state index in [4.69, 9.17) is 14.5 Å². The molecule has 1 saturated heterocycles. The molecule has 0 unspecified atom stereocenters. The van der Waals surface area contributed by atoms with E-state index in [1.54, 1.807) is 7.11 Å². The lowest BCUT2D eigenvalue weighted by atomic mass is 10.1. The van der Waals surface area contributed by atoms with Gasteiger partial charge in [0.25, 0.3) is 5.91 Å². The van der Waals surface area contributed by atoms with Crippen LogP contribution in [0.3, 0.4) is 0 Å². The average molecular weight is 402 g/mol. The first-order valence-electron chi connectivity index (χ1n) is 10.6. The number of aromatic nitrogens is 3. The number of hydrogen-bond acceptors (Lipinski definition) is 6. The number of rotatable bonds is 8. The van der Waals surface area contributed by atoms with E-state index in [-0.39, 0.29) is 18.0 Å². The van der Waals surface area contributed by atoms with Crippen molar-refractivity contribution < 1.29 is 14.3 Å². The number of morpholine rings is 1. The lowest BCUT2D eigenvalue weighted by Crippen LogP contribution is -2.50. The molecule has 4 rings (SSSR count). The van der Waals surface area contributed by atoms with Crippen LogP contribution in [0.25, 0.3) is 11.0 Å². The fourth-order valence-electron chi connectivity index (χ4n) is 4.04. The van der Waals surface area contributed by atoms with E-state index in [1.165, 1.54) is 0 Å². The number of pyridine rings is 1. The SMILES string of the molecule is COCCCn1nc(C)c2ccc([C@@H](C)N(C(=O)[C@H]3CNCCO3)C3CC3)nc21. The molecule has 1 saturated carbocycles. The number of carbonyl (C=O) groups is 1. The van der Waals surface area contributed by atoms with Crippen LogP contribution in [0.4, 0.5) is 0 Å². The topological polar surface area (TPSA) is 81.5 Å². The van der Waals surface area contributed by atoms with Gasteiger partial charge in [-0.3, -0.25) is 4.79 Å². The molecule has 2 aromatic rings. The van der Waals surface area contributed by atoms with Crippen LogP contribution in [0.5, 0.6) is 0 Å². The van der Waals surface area contributed by atoms with Gasteiger partial charge in [-0.25, -0.2) is 9.67 Å². The zero-order chi connectivity index (χ0) is 20.4. The monoisotopic (exact) mass is 401 g/mol. The minimum Gasteiger partial charge on any atom is -0.385 e. The van der Waals surface area contributed by atoms with Crippen molar-refractivity contribution in [2.24, 2.45) is 0 Å². The van der Waals surface area contributed by atoms with Gasteiger partial charge in [0.05, 0.1) is 24.0 Å². The van der Waals surface area contributed by atoms with E-state index < -0.39 is 6.10 Å². The van der Waals surface area contributed by atoms with Gasteiger partial charge in [0, 0.05) is 44.8 Å². The summed E-state index contributed by atoms with van der Waals surface area (Å²) in [7, 11) is 1.71. The molecule has 2 aliphatic rings. The summed E-state index contributed by atoms with van der Waals surface area (Å²) in [5.74, 6) is 0.0684. The van der Waals surface area contributed by atoms with Crippen molar-refractivity contribution in [3.05, 3.63) is 23.5 Å². The molecule has 29 heavy (non-hydrogen) atoms. The van der Waals surface area contributed by atoms with E-state index in [1.807, 2.05) is 22.6 Å². The van der Waals surface area contributed by atoms with Crippen molar-refractivity contribution in [2.45, 2.75) is 57.8 Å². The molecular weight excluding hydrogens is 370 g/mol. The normalized spacial score (nSPS) is 20.7. The fourth-order valence-corrected chi connectivity index (χ4v) is 4.04. The summed E-state index contributed by atoms with van der Waals surface area (Å²) in [6.07, 6.45) is 2.57. The van der Waals surface area contributed by atoms with Crippen molar-refractivity contribution in [3.63, 3.8) is 0 Å². The fraction of sp³-hybridized carbons (Fsp3) is 0.667. The summed E-state index contributed by atoms with van der Waals surface area (Å²) >= 11 is 0. The Hall–Kier alpha value is -2.03. The Morgan fingerprint density at radius 2 is 2.28 bits per heavy atom. The lowest BCUT2D eigenvalue weighted by molar-refractivity contribution is -0.148. The molecule has 8 heteroatoms. The number of ether oxygens (including phenoxy) is 2. The van der Waals surface area contributed by atoms with Crippen LogP contribution >= 0.6 is 0 Å². The van der Waals surface area contributed by atoms with Gasteiger partial charge in [0.15, 0.2) is 5.65 Å². The number of fused-ring (bicyclic) bond motifs is 1. The molecule has 0 spiro atoms. The molecule has 0 bridgehead atoms. The number of nitrogens with one attached hydrogen (secondary N) is 1. The van der Waals surface area contributed by atoms with E-state index in [2.05, 4.69) is 23.4 Å². The predicted molar refractivity (Wildman–Crippen MR) is 110 cm³/mol. The third-order valence-corrected chi connectivity index (χ3v) is 5.76. The van der Waals surface area contributed by atoms with Crippen molar-refractivity contribution in [3.8, 4) is 0 Å². The summed E-state index contributed by atoms with van der Waals surface area (Å²) < 4.78 is 12.9. The summed E-state index contributed by atoms with van der Waals surface area (Å²) in [5.41, 5.74) is 2.75. The highest BCUT2D eigenvalue weighted by Crippen LogP contribution is 2.35. The van der Waals surface area contributed by atoms with Gasteiger partial charge in [-0.15, -0.1) is 0 Å². The van der Waals surface area contributed by atoms with E-state index in [0.29, 0.717) is 19.8 Å². The van der Waals surface area contributed by atoms with Gasteiger partial charge >= 0.3 is 0 Å². The van der Waals surface area contributed by atoms with Crippen LogP contribution in [0.2, 0.25) is 0 Å². The number of aryl methyl sites for hydroxylation is 2. The van der Waals surface area contributed by atoms with Gasteiger partial charge in [0.1, 0.15) is 6.10 Å². The molecule has 3 heterocycles. The number of hydrogen-bond donors (Lipinski definition) is 1. The third-order valence-electron chi connectivity index (χ3n) is 5.76. The Morgan fingerprint density at radius 3 is 2.97 bits per heavy atom. The zero-order valence-electron chi connectivity index (χ0n) is 17.6. The van der Waals surface area contributed by atoms with Crippen LogP contribution in [-0.4, -0.2) is 71.1 Å². The minimum absolute atomic E-state index is 0.0684. The van der Waals surface area contributed by atoms with Crippen molar-refractivity contribution in [1.29, 1.82) is 0 Å². The Balaban J connectivity index is 1.59. The van der Waals surface area contributed by atoms with Gasteiger partial charge in [0.2, 0.25) is 0 Å². The number of nitrogens with zero attached hydrogens (tertiary/aromatic N) is 4. The second kappa shape index (κ2) is 8.77. The molecule has 1 aliphatic carbocycles. The average Bonchev–Trinajstić information content (AvgIpc) is 3.53. The second-order valence-electron chi connectivity index (χ2n) is 7.98. The van der Waals surface area contributed by atoms with Crippen LogP contribution in [0.1, 0.15) is 43.6 Å². The predicted octanol–water partition coefficient (Wildman–Crippen LogP) is 1.82. The quantitative estimate of drug-likeness (QED) is 0.680. The molecule has 1 amide bonds. The first kappa shape index (κ1) is 20.3. The van der Waals surface area contributed by atoms with E-state index >= 15 is 0 Å². The van der Waals surface area contributed by atoms with Gasteiger partial charge < -0.3 is 19.7 Å². The smallest absolute Gasteiger partial charge is 0.253 e. The summed E-state index contributed by atoms with van der Waals surface area (Å²) in [4.78, 5) is 20.1. The largest absolute Gasteiger partial charge is 0.385 e. The maximum atomic E-state index is 13.2. The Kier molecular flexibility index (Phi) is 6.12. The number of amides is 1. The molecule has 1 aliphatic heterocycles. The standard InChI is InChI=1S/C21H31N5O3/c1-14-17-7-8-18(23-20(17)25(24-14)10-4-11-28-3)15(2)26(16-5-6-16)21(27)19-13-22-9-12-29-19/h7-8,15-16,19,22H,4-6,9-13H2,1-3H3/t15-,19-/m1/s1. The Morgan fingerprint density at radius 1 is 1.45 bits per heavy atom.